The minimum atomic E-state index is -3.98. The molecule has 1 aliphatic rings. The zero-order valence-corrected chi connectivity index (χ0v) is 18.1. The van der Waals surface area contributed by atoms with Crippen LogP contribution in [0, 0.1) is 0 Å². The first-order valence-corrected chi connectivity index (χ1v) is 11.3. The topological polar surface area (TPSA) is 119 Å². The molecule has 0 unspecified atom stereocenters. The smallest absolute Gasteiger partial charge is 0.259 e. The lowest BCUT2D eigenvalue weighted by Crippen LogP contribution is -2.28. The number of sulfonamides is 1. The Kier molecular flexibility index (Phi) is 5.68. The van der Waals surface area contributed by atoms with Crippen molar-refractivity contribution in [3.8, 4) is 5.75 Å². The predicted molar refractivity (Wildman–Crippen MR) is 121 cm³/mol. The van der Waals surface area contributed by atoms with Crippen LogP contribution in [0.25, 0.3) is 0 Å². The number of nitrogens with two attached hydrogens (primary N) is 1. The van der Waals surface area contributed by atoms with Crippen LogP contribution >= 0.6 is 0 Å². The lowest BCUT2D eigenvalue weighted by molar-refractivity contribution is 0.0988. The maximum atomic E-state index is 12.9. The van der Waals surface area contributed by atoms with Gasteiger partial charge in [-0.1, -0.05) is 18.2 Å². The van der Waals surface area contributed by atoms with Gasteiger partial charge in [0.05, 0.1) is 17.6 Å². The van der Waals surface area contributed by atoms with Gasteiger partial charge in [0.25, 0.3) is 11.8 Å². The quantitative estimate of drug-likeness (QED) is 0.618. The van der Waals surface area contributed by atoms with Crippen molar-refractivity contribution in [2.75, 3.05) is 23.9 Å². The van der Waals surface area contributed by atoms with Crippen LogP contribution in [0.3, 0.4) is 0 Å². The molecule has 0 aromatic heterocycles. The Morgan fingerprint density at radius 2 is 1.75 bits per heavy atom. The third-order valence-electron chi connectivity index (χ3n) is 5.27. The summed E-state index contributed by atoms with van der Waals surface area (Å²) in [6, 6.07) is 18.1. The third-order valence-corrected chi connectivity index (χ3v) is 6.18. The van der Waals surface area contributed by atoms with Crippen LogP contribution in [-0.4, -0.2) is 33.9 Å². The predicted octanol–water partition coefficient (Wildman–Crippen LogP) is 2.80. The van der Waals surface area contributed by atoms with Crippen molar-refractivity contribution in [1.82, 2.24) is 0 Å². The third kappa shape index (κ3) is 4.20. The second kappa shape index (κ2) is 8.45. The second-order valence-electron chi connectivity index (χ2n) is 7.27. The highest BCUT2D eigenvalue weighted by Crippen LogP contribution is 2.29. The van der Waals surface area contributed by atoms with E-state index in [0.717, 1.165) is 23.7 Å². The van der Waals surface area contributed by atoms with Gasteiger partial charge in [0, 0.05) is 23.5 Å². The Morgan fingerprint density at radius 3 is 2.44 bits per heavy atom. The molecule has 0 atom stereocenters. The summed E-state index contributed by atoms with van der Waals surface area (Å²) in [7, 11) is -2.60. The fourth-order valence-electron chi connectivity index (χ4n) is 3.64. The standard InChI is InChI=1S/C23H21N3O5S/c1-31-21-11-10-18(32(24,29)30)14-19(21)22(27)25-17-8-6-16(7-9-17)23(28)26-13-12-15-4-2-3-5-20(15)26/h2-11,14H,12-13H2,1H3,(H,25,27)(H2,24,29,30). The Bertz CT molecular complexity index is 1300. The summed E-state index contributed by atoms with van der Waals surface area (Å²) in [6.45, 7) is 0.622. The van der Waals surface area contributed by atoms with E-state index in [9.17, 15) is 18.0 Å². The van der Waals surface area contributed by atoms with E-state index in [1.807, 2.05) is 24.3 Å². The van der Waals surface area contributed by atoms with Crippen molar-refractivity contribution >= 4 is 33.2 Å². The highest BCUT2D eigenvalue weighted by molar-refractivity contribution is 7.89. The Morgan fingerprint density at radius 1 is 1.03 bits per heavy atom. The second-order valence-corrected chi connectivity index (χ2v) is 8.84. The van der Waals surface area contributed by atoms with E-state index >= 15 is 0 Å². The molecule has 3 N–H and O–H groups in total. The van der Waals surface area contributed by atoms with Crippen LogP contribution in [0.5, 0.6) is 5.75 Å². The number of anilines is 2. The molecule has 1 aliphatic heterocycles. The minimum absolute atomic E-state index is 0.0212. The summed E-state index contributed by atoms with van der Waals surface area (Å²) in [4.78, 5) is 27.2. The Balaban J connectivity index is 1.52. The molecule has 0 saturated carbocycles. The zero-order chi connectivity index (χ0) is 22.9. The summed E-state index contributed by atoms with van der Waals surface area (Å²) < 4.78 is 28.4. The molecule has 3 aromatic rings. The maximum Gasteiger partial charge on any atom is 0.259 e. The zero-order valence-electron chi connectivity index (χ0n) is 17.2. The molecular weight excluding hydrogens is 430 g/mol. The fourth-order valence-corrected chi connectivity index (χ4v) is 4.18. The number of primary sulfonamides is 1. The fraction of sp³-hybridized carbons (Fsp3) is 0.130. The van der Waals surface area contributed by atoms with E-state index in [1.54, 1.807) is 29.2 Å². The lowest BCUT2D eigenvalue weighted by Gasteiger charge is -2.17. The van der Waals surface area contributed by atoms with Crippen molar-refractivity contribution < 1.29 is 22.7 Å². The van der Waals surface area contributed by atoms with Crippen LogP contribution < -0.4 is 20.1 Å². The largest absolute Gasteiger partial charge is 0.496 e. The number of hydrogen-bond donors (Lipinski definition) is 2. The van der Waals surface area contributed by atoms with Crippen molar-refractivity contribution in [2.45, 2.75) is 11.3 Å². The maximum absolute atomic E-state index is 12.9. The average molecular weight is 452 g/mol. The highest BCUT2D eigenvalue weighted by atomic mass is 32.2. The van der Waals surface area contributed by atoms with Gasteiger partial charge in [0.2, 0.25) is 10.0 Å². The number of para-hydroxylation sites is 1. The SMILES string of the molecule is COc1ccc(S(N)(=O)=O)cc1C(=O)Nc1ccc(C(=O)N2CCc3ccccc32)cc1. The number of fused-ring (bicyclic) bond motifs is 1. The van der Waals surface area contributed by atoms with Gasteiger partial charge in [-0.05, 0) is 60.5 Å². The minimum Gasteiger partial charge on any atom is -0.496 e. The Labute approximate surface area is 185 Å². The molecule has 1 heterocycles. The lowest BCUT2D eigenvalue weighted by atomic mass is 10.1. The van der Waals surface area contributed by atoms with Gasteiger partial charge < -0.3 is 15.0 Å². The monoisotopic (exact) mass is 451 g/mol. The summed E-state index contributed by atoms with van der Waals surface area (Å²) in [5.74, 6) is -0.482. The van der Waals surface area contributed by atoms with E-state index in [-0.39, 0.29) is 22.1 Å². The molecule has 2 amide bonds. The van der Waals surface area contributed by atoms with E-state index in [0.29, 0.717) is 17.8 Å². The van der Waals surface area contributed by atoms with Crippen LogP contribution in [0.15, 0.2) is 71.6 Å². The number of amides is 2. The highest BCUT2D eigenvalue weighted by Gasteiger charge is 2.25. The van der Waals surface area contributed by atoms with Crippen LogP contribution in [0.1, 0.15) is 26.3 Å². The molecule has 32 heavy (non-hydrogen) atoms. The molecule has 164 valence electrons. The molecule has 8 nitrogen and oxygen atoms in total. The Hall–Kier alpha value is -3.69. The molecule has 0 saturated heterocycles. The van der Waals surface area contributed by atoms with Gasteiger partial charge in [0.15, 0.2) is 0 Å². The first-order valence-electron chi connectivity index (χ1n) is 9.80. The van der Waals surface area contributed by atoms with Crippen LogP contribution in [-0.2, 0) is 16.4 Å². The van der Waals surface area contributed by atoms with Gasteiger partial charge in [-0.15, -0.1) is 0 Å². The molecule has 0 fully saturated rings. The van der Waals surface area contributed by atoms with Gasteiger partial charge in [0.1, 0.15) is 5.75 Å². The summed E-state index contributed by atoms with van der Waals surface area (Å²) in [5.41, 5.74) is 3.01. The summed E-state index contributed by atoms with van der Waals surface area (Å²) >= 11 is 0. The van der Waals surface area contributed by atoms with Gasteiger partial charge in [-0.25, -0.2) is 13.6 Å². The number of rotatable bonds is 5. The molecule has 9 heteroatoms. The first kappa shape index (κ1) is 21.5. The van der Waals surface area contributed by atoms with Gasteiger partial charge >= 0.3 is 0 Å². The number of carbonyl (C=O) groups excluding carboxylic acids is 2. The molecular formula is C23H21N3O5S. The van der Waals surface area contributed by atoms with Gasteiger partial charge in [-0.2, -0.15) is 0 Å². The molecule has 3 aromatic carbocycles. The number of carbonyl (C=O) groups is 2. The molecule has 0 radical (unpaired) electrons. The molecule has 4 rings (SSSR count). The number of ether oxygens (including phenoxy) is 1. The molecule has 0 spiro atoms. The number of methoxy groups -OCH3 is 1. The number of hydrogen-bond acceptors (Lipinski definition) is 5. The van der Waals surface area contributed by atoms with Crippen LogP contribution in [0.2, 0.25) is 0 Å². The van der Waals surface area contributed by atoms with E-state index in [4.69, 9.17) is 9.88 Å². The summed E-state index contributed by atoms with van der Waals surface area (Å²) in [5, 5.41) is 7.84. The van der Waals surface area contributed by atoms with E-state index in [2.05, 4.69) is 5.32 Å². The first-order chi connectivity index (χ1) is 15.3. The number of nitrogens with zero attached hydrogens (tertiary/aromatic N) is 1. The molecule has 0 bridgehead atoms. The van der Waals surface area contributed by atoms with Gasteiger partial charge in [-0.3, -0.25) is 9.59 Å². The molecule has 0 aliphatic carbocycles. The van der Waals surface area contributed by atoms with Crippen molar-refractivity contribution in [3.05, 3.63) is 83.4 Å². The average Bonchev–Trinajstić information content (AvgIpc) is 3.22. The number of nitrogens with one attached hydrogen (secondary N) is 1. The van der Waals surface area contributed by atoms with Crippen molar-refractivity contribution in [3.63, 3.8) is 0 Å². The van der Waals surface area contributed by atoms with E-state index < -0.39 is 15.9 Å². The number of benzene rings is 3. The summed E-state index contributed by atoms with van der Waals surface area (Å²) in [6.07, 6.45) is 0.815. The van der Waals surface area contributed by atoms with E-state index in [1.165, 1.54) is 19.2 Å². The van der Waals surface area contributed by atoms with Crippen molar-refractivity contribution in [2.24, 2.45) is 5.14 Å². The van der Waals surface area contributed by atoms with Crippen LogP contribution in [0.4, 0.5) is 11.4 Å². The van der Waals surface area contributed by atoms with Crippen molar-refractivity contribution in [1.29, 1.82) is 0 Å². The normalized spacial score (nSPS) is 12.9.